The fourth-order valence-corrected chi connectivity index (χ4v) is 2.08. The van der Waals surface area contributed by atoms with Crippen molar-refractivity contribution in [2.75, 3.05) is 31.1 Å². The molecule has 2 heterocycles. The van der Waals surface area contributed by atoms with Crippen molar-refractivity contribution in [2.45, 2.75) is 6.61 Å². The lowest BCUT2D eigenvalue weighted by atomic mass is 10.2. The monoisotopic (exact) mass is 260 g/mol. The second-order valence-corrected chi connectivity index (χ2v) is 4.35. The van der Waals surface area contributed by atoms with Gasteiger partial charge in [0.2, 0.25) is 0 Å². The lowest BCUT2D eigenvalue weighted by Gasteiger charge is -2.29. The molecule has 1 fully saturated rings. The molecule has 2 aromatic rings. The molecule has 0 radical (unpaired) electrons. The molecule has 19 heavy (non-hydrogen) atoms. The zero-order chi connectivity index (χ0) is 12.9. The van der Waals surface area contributed by atoms with Crippen LogP contribution < -0.4 is 15.0 Å². The Morgan fingerprint density at radius 1 is 1.21 bits per heavy atom. The van der Waals surface area contributed by atoms with Gasteiger partial charge in [0, 0.05) is 31.9 Å². The number of ether oxygens (including phenoxy) is 1. The minimum Gasteiger partial charge on any atom is -0.484 e. The molecule has 3 rings (SSSR count). The molecule has 6 heteroatoms. The summed E-state index contributed by atoms with van der Waals surface area (Å²) in [4.78, 5) is 6.26. The highest BCUT2D eigenvalue weighted by molar-refractivity contribution is 5.49. The Morgan fingerprint density at radius 3 is 2.68 bits per heavy atom. The smallest absolute Gasteiger partial charge is 0.264 e. The van der Waals surface area contributed by atoms with E-state index in [1.807, 2.05) is 12.1 Å². The summed E-state index contributed by atoms with van der Waals surface area (Å²) in [5.74, 6) is 1.28. The van der Waals surface area contributed by atoms with Crippen molar-refractivity contribution in [3.63, 3.8) is 0 Å². The Hall–Kier alpha value is -2.08. The number of hydrogen-bond acceptors (Lipinski definition) is 6. The van der Waals surface area contributed by atoms with E-state index in [2.05, 4.69) is 32.5 Å². The molecule has 1 aliphatic heterocycles. The number of rotatable bonds is 4. The summed E-state index contributed by atoms with van der Waals surface area (Å²) in [6.07, 6.45) is 1.37. The van der Waals surface area contributed by atoms with Crippen LogP contribution in [0.5, 0.6) is 5.75 Å². The third-order valence-corrected chi connectivity index (χ3v) is 3.09. The van der Waals surface area contributed by atoms with Crippen LogP contribution in [0, 0.1) is 0 Å². The minimum absolute atomic E-state index is 0.299. The van der Waals surface area contributed by atoms with Crippen molar-refractivity contribution < 1.29 is 9.26 Å². The van der Waals surface area contributed by atoms with Gasteiger partial charge in [-0.3, -0.25) is 0 Å². The number of hydrogen-bond donors (Lipinski definition) is 1. The van der Waals surface area contributed by atoms with Crippen LogP contribution in [0.3, 0.4) is 0 Å². The van der Waals surface area contributed by atoms with Gasteiger partial charge >= 0.3 is 0 Å². The Kier molecular flexibility index (Phi) is 3.60. The molecular weight excluding hydrogens is 244 g/mol. The molecule has 1 N–H and O–H groups in total. The van der Waals surface area contributed by atoms with Crippen molar-refractivity contribution in [1.82, 2.24) is 15.5 Å². The maximum absolute atomic E-state index is 5.57. The molecule has 1 aliphatic rings. The second-order valence-electron chi connectivity index (χ2n) is 4.35. The van der Waals surface area contributed by atoms with E-state index in [0.29, 0.717) is 12.5 Å². The lowest BCUT2D eigenvalue weighted by molar-refractivity contribution is 0.243. The Morgan fingerprint density at radius 2 is 2.00 bits per heavy atom. The predicted molar refractivity (Wildman–Crippen MR) is 70.2 cm³/mol. The molecule has 0 aliphatic carbocycles. The number of nitrogens with zero attached hydrogens (tertiary/aromatic N) is 3. The van der Waals surface area contributed by atoms with Crippen molar-refractivity contribution in [1.29, 1.82) is 0 Å². The third-order valence-electron chi connectivity index (χ3n) is 3.09. The van der Waals surface area contributed by atoms with Gasteiger partial charge in [-0.2, -0.15) is 4.98 Å². The van der Waals surface area contributed by atoms with E-state index in [1.165, 1.54) is 12.0 Å². The lowest BCUT2D eigenvalue weighted by Crippen LogP contribution is -2.43. The van der Waals surface area contributed by atoms with Gasteiger partial charge in [-0.15, -0.1) is 0 Å². The molecule has 0 saturated carbocycles. The number of anilines is 1. The summed E-state index contributed by atoms with van der Waals surface area (Å²) >= 11 is 0. The summed E-state index contributed by atoms with van der Waals surface area (Å²) < 4.78 is 10.4. The van der Waals surface area contributed by atoms with Crippen LogP contribution in [0.25, 0.3) is 0 Å². The number of piperazine rings is 1. The van der Waals surface area contributed by atoms with Crippen molar-refractivity contribution in [3.8, 4) is 5.75 Å². The van der Waals surface area contributed by atoms with E-state index in [-0.39, 0.29) is 0 Å². The van der Waals surface area contributed by atoms with Gasteiger partial charge in [0.25, 0.3) is 5.89 Å². The largest absolute Gasteiger partial charge is 0.484 e. The highest BCUT2D eigenvalue weighted by Crippen LogP contribution is 2.20. The normalized spacial score (nSPS) is 15.5. The maximum Gasteiger partial charge on any atom is 0.264 e. The van der Waals surface area contributed by atoms with Crippen LogP contribution in [0.4, 0.5) is 5.69 Å². The van der Waals surface area contributed by atoms with Crippen LogP contribution in [0.2, 0.25) is 0 Å². The van der Waals surface area contributed by atoms with E-state index in [4.69, 9.17) is 9.26 Å². The fraction of sp³-hybridized carbons (Fsp3) is 0.385. The molecule has 0 atom stereocenters. The molecular formula is C13H16N4O2. The van der Waals surface area contributed by atoms with Gasteiger partial charge in [0.1, 0.15) is 5.75 Å². The molecule has 0 amide bonds. The first-order valence-electron chi connectivity index (χ1n) is 6.36. The van der Waals surface area contributed by atoms with E-state index < -0.39 is 0 Å². The van der Waals surface area contributed by atoms with Crippen molar-refractivity contribution >= 4 is 5.69 Å². The van der Waals surface area contributed by atoms with E-state index in [9.17, 15) is 0 Å². The third kappa shape index (κ3) is 3.03. The average molecular weight is 260 g/mol. The molecule has 1 aromatic carbocycles. The Labute approximate surface area is 111 Å². The Balaban J connectivity index is 1.58. The fourth-order valence-electron chi connectivity index (χ4n) is 2.08. The van der Waals surface area contributed by atoms with Gasteiger partial charge in [0.05, 0.1) is 0 Å². The first kappa shape index (κ1) is 12.0. The van der Waals surface area contributed by atoms with Gasteiger partial charge < -0.3 is 19.5 Å². The molecule has 0 spiro atoms. The van der Waals surface area contributed by atoms with Gasteiger partial charge in [-0.1, -0.05) is 5.16 Å². The maximum atomic E-state index is 5.57. The predicted octanol–water partition coefficient (Wildman–Crippen LogP) is 1.06. The van der Waals surface area contributed by atoms with Crippen LogP contribution in [-0.2, 0) is 6.61 Å². The highest BCUT2D eigenvalue weighted by atomic mass is 16.5. The van der Waals surface area contributed by atoms with Crippen LogP contribution in [0.15, 0.2) is 35.1 Å². The van der Waals surface area contributed by atoms with Crippen LogP contribution in [-0.4, -0.2) is 36.3 Å². The number of aromatic nitrogens is 2. The van der Waals surface area contributed by atoms with Crippen molar-refractivity contribution in [2.24, 2.45) is 0 Å². The van der Waals surface area contributed by atoms with Gasteiger partial charge in [-0.25, -0.2) is 0 Å². The quantitative estimate of drug-likeness (QED) is 0.886. The topological polar surface area (TPSA) is 63.4 Å². The molecule has 0 unspecified atom stereocenters. The highest BCUT2D eigenvalue weighted by Gasteiger charge is 2.10. The van der Waals surface area contributed by atoms with Crippen LogP contribution in [0.1, 0.15) is 5.89 Å². The molecule has 0 bridgehead atoms. The van der Waals surface area contributed by atoms with Crippen molar-refractivity contribution in [3.05, 3.63) is 36.5 Å². The Bertz CT molecular complexity index is 492. The number of benzene rings is 1. The number of nitrogens with one attached hydrogen (secondary N) is 1. The zero-order valence-electron chi connectivity index (χ0n) is 10.6. The molecule has 1 aromatic heterocycles. The molecule has 6 nitrogen and oxygen atoms in total. The zero-order valence-corrected chi connectivity index (χ0v) is 10.6. The summed E-state index contributed by atoms with van der Waals surface area (Å²) in [6.45, 7) is 4.46. The molecule has 100 valence electrons. The van der Waals surface area contributed by atoms with E-state index in [0.717, 1.165) is 31.9 Å². The SMILES string of the molecule is c1noc(COc2ccc(N3CCNCC3)cc2)n1. The minimum atomic E-state index is 0.299. The van der Waals surface area contributed by atoms with E-state index in [1.54, 1.807) is 0 Å². The second kappa shape index (κ2) is 5.71. The molecule has 1 saturated heterocycles. The van der Waals surface area contributed by atoms with Gasteiger partial charge in [0.15, 0.2) is 12.9 Å². The summed E-state index contributed by atoms with van der Waals surface area (Å²) in [5.41, 5.74) is 1.23. The summed E-state index contributed by atoms with van der Waals surface area (Å²) in [5, 5.41) is 6.87. The van der Waals surface area contributed by atoms with E-state index >= 15 is 0 Å². The summed E-state index contributed by atoms with van der Waals surface area (Å²) in [6, 6.07) is 8.09. The first-order chi connectivity index (χ1) is 9.42. The van der Waals surface area contributed by atoms with Gasteiger partial charge in [-0.05, 0) is 24.3 Å². The average Bonchev–Trinajstić information content (AvgIpc) is 3.00. The van der Waals surface area contributed by atoms with Crippen LogP contribution >= 0.6 is 0 Å². The summed E-state index contributed by atoms with van der Waals surface area (Å²) in [7, 11) is 0. The first-order valence-corrected chi connectivity index (χ1v) is 6.36. The standard InChI is InChI=1S/C13H16N4O2/c1-3-12(18-9-13-15-10-16-19-13)4-2-11(1)17-7-5-14-6-8-17/h1-4,10,14H,5-9H2.